The molecule has 1 aliphatic carbocycles. The minimum absolute atomic E-state index is 0.195. The summed E-state index contributed by atoms with van der Waals surface area (Å²) in [6.07, 6.45) is 0.677. The van der Waals surface area contributed by atoms with Crippen molar-refractivity contribution in [1.29, 1.82) is 0 Å². The van der Waals surface area contributed by atoms with Gasteiger partial charge >= 0.3 is 6.18 Å². The van der Waals surface area contributed by atoms with Crippen LogP contribution in [-0.2, 0) is 6.18 Å². The molecule has 1 fully saturated rings. The second kappa shape index (κ2) is 9.18. The maximum atomic E-state index is 13.2. The lowest BCUT2D eigenvalue weighted by Crippen LogP contribution is -2.50. The summed E-state index contributed by atoms with van der Waals surface area (Å²) in [6.45, 7) is 3.88. The molecule has 2 aromatic rings. The molecule has 160 valence electrons. The number of hydrogen-bond donors (Lipinski definition) is 1. The van der Waals surface area contributed by atoms with E-state index in [1.54, 1.807) is 6.20 Å². The van der Waals surface area contributed by atoms with Gasteiger partial charge < -0.3 is 8.43 Å². The molecule has 2 aromatic carbocycles. The van der Waals surface area contributed by atoms with Gasteiger partial charge in [-0.25, -0.2) is 0 Å². The van der Waals surface area contributed by atoms with Crippen LogP contribution in [0, 0.1) is 0 Å². The molecule has 30 heavy (non-hydrogen) atoms. The highest BCUT2D eigenvalue weighted by molar-refractivity contribution is 14.1. The zero-order valence-electron chi connectivity index (χ0n) is 16.1. The molecule has 1 unspecified atom stereocenters. The van der Waals surface area contributed by atoms with E-state index >= 15 is 0 Å². The van der Waals surface area contributed by atoms with Crippen LogP contribution in [0.1, 0.15) is 53.2 Å². The van der Waals surface area contributed by atoms with Gasteiger partial charge in [0.15, 0.2) is 0 Å². The minimum atomic E-state index is -4.64. The Labute approximate surface area is 192 Å². The van der Waals surface area contributed by atoms with Crippen molar-refractivity contribution < 1.29 is 18.0 Å². The van der Waals surface area contributed by atoms with E-state index in [0.29, 0.717) is 0 Å². The van der Waals surface area contributed by atoms with E-state index in [1.165, 1.54) is 12.1 Å². The number of alkyl halides is 3. The quantitative estimate of drug-likeness (QED) is 0.313. The molecule has 0 spiro atoms. The van der Waals surface area contributed by atoms with E-state index in [2.05, 4.69) is 34.8 Å². The Morgan fingerprint density at radius 2 is 1.80 bits per heavy atom. The smallest absolute Gasteiger partial charge is 0.343 e. The number of carbonyl (C=O) groups is 1. The van der Waals surface area contributed by atoms with Crippen LogP contribution in [-0.4, -0.2) is 14.6 Å². The first-order chi connectivity index (χ1) is 14.2. The number of benzene rings is 2. The van der Waals surface area contributed by atoms with E-state index in [-0.39, 0.29) is 5.56 Å². The summed E-state index contributed by atoms with van der Waals surface area (Å²) in [5.41, 5.74) is -0.781. The summed E-state index contributed by atoms with van der Waals surface area (Å²) in [7, 11) is 0. The minimum Gasteiger partial charge on any atom is -0.343 e. The predicted molar refractivity (Wildman–Crippen MR) is 120 cm³/mol. The number of carbonyl (C=O) groups excluding carboxylic acids is 1. The number of nitrogens with zero attached hydrogens (tertiary/aromatic N) is 1. The molecule has 8 heteroatoms. The SMILES string of the molecule is C=CN(I)C1(C(NC(=O)c2cccc(C(F)(F)F)c2Cl)c2ccccc2)CCCC1. The molecule has 1 N–H and O–H groups in total. The molecular formula is C22H21ClF3IN2O. The summed E-state index contributed by atoms with van der Waals surface area (Å²) in [5.74, 6) is -0.639. The van der Waals surface area contributed by atoms with Crippen molar-refractivity contribution in [3.8, 4) is 0 Å². The Kier molecular flexibility index (Phi) is 7.02. The van der Waals surface area contributed by atoms with Crippen molar-refractivity contribution >= 4 is 40.4 Å². The zero-order valence-corrected chi connectivity index (χ0v) is 19.0. The van der Waals surface area contributed by atoms with Gasteiger partial charge in [0.1, 0.15) is 0 Å². The van der Waals surface area contributed by atoms with E-state index in [4.69, 9.17) is 11.6 Å². The van der Waals surface area contributed by atoms with Gasteiger partial charge in [-0.1, -0.05) is 67.4 Å². The van der Waals surface area contributed by atoms with Crippen LogP contribution in [0.2, 0.25) is 5.02 Å². The number of hydrogen-bond acceptors (Lipinski definition) is 2. The summed E-state index contributed by atoms with van der Waals surface area (Å²) >= 11 is 8.17. The zero-order chi connectivity index (χ0) is 21.9. The first kappa shape index (κ1) is 22.9. The van der Waals surface area contributed by atoms with Crippen molar-refractivity contribution in [2.24, 2.45) is 0 Å². The van der Waals surface area contributed by atoms with Crippen LogP contribution in [0.5, 0.6) is 0 Å². The molecule has 0 aliphatic heterocycles. The average Bonchev–Trinajstić information content (AvgIpc) is 3.22. The summed E-state index contributed by atoms with van der Waals surface area (Å²) in [4.78, 5) is 13.1. The fourth-order valence-electron chi connectivity index (χ4n) is 4.10. The highest BCUT2D eigenvalue weighted by Crippen LogP contribution is 2.46. The van der Waals surface area contributed by atoms with Gasteiger partial charge in [0, 0.05) is 6.20 Å². The molecule has 1 amide bonds. The molecule has 0 bridgehead atoms. The van der Waals surface area contributed by atoms with E-state index in [0.717, 1.165) is 37.3 Å². The highest BCUT2D eigenvalue weighted by atomic mass is 127. The first-order valence-electron chi connectivity index (χ1n) is 9.50. The van der Waals surface area contributed by atoms with E-state index < -0.39 is 34.3 Å². The molecule has 3 rings (SSSR count). The average molecular weight is 549 g/mol. The Balaban J connectivity index is 2.03. The lowest BCUT2D eigenvalue weighted by Gasteiger charge is -2.43. The summed E-state index contributed by atoms with van der Waals surface area (Å²) in [5, 5.41) is 2.39. The van der Waals surface area contributed by atoms with Gasteiger partial charge in [0.2, 0.25) is 0 Å². The maximum Gasteiger partial charge on any atom is 0.417 e. The molecular weight excluding hydrogens is 528 g/mol. The molecule has 0 aromatic heterocycles. The largest absolute Gasteiger partial charge is 0.417 e. The van der Waals surface area contributed by atoms with Crippen LogP contribution >= 0.6 is 34.5 Å². The molecule has 0 saturated heterocycles. The van der Waals surface area contributed by atoms with Gasteiger partial charge in [0.25, 0.3) is 5.91 Å². The third-order valence-corrected chi connectivity index (χ3v) is 7.31. The Hall–Kier alpha value is -1.74. The van der Waals surface area contributed by atoms with Gasteiger partial charge in [-0.15, -0.1) is 0 Å². The fourth-order valence-corrected chi connectivity index (χ4v) is 5.18. The number of amides is 1. The lowest BCUT2D eigenvalue weighted by atomic mass is 9.83. The molecule has 0 heterocycles. The van der Waals surface area contributed by atoms with Gasteiger partial charge in [0.05, 0.1) is 50.6 Å². The number of halogens is 5. The summed E-state index contributed by atoms with van der Waals surface area (Å²) in [6, 6.07) is 12.4. The first-order valence-corrected chi connectivity index (χ1v) is 10.8. The Bertz CT molecular complexity index is 914. The van der Waals surface area contributed by atoms with E-state index in [9.17, 15) is 18.0 Å². The monoisotopic (exact) mass is 548 g/mol. The van der Waals surface area contributed by atoms with Gasteiger partial charge in [-0.3, -0.25) is 4.79 Å². The Morgan fingerprint density at radius 3 is 2.37 bits per heavy atom. The van der Waals surface area contributed by atoms with E-state index in [1.807, 2.05) is 33.4 Å². The van der Waals surface area contributed by atoms with Crippen molar-refractivity contribution in [3.05, 3.63) is 83.0 Å². The van der Waals surface area contributed by atoms with Crippen LogP contribution < -0.4 is 5.32 Å². The molecule has 1 saturated carbocycles. The fraction of sp³-hybridized carbons (Fsp3) is 0.318. The number of rotatable bonds is 6. The standard InChI is InChI=1S/C22H21ClF3IN2O/c1-2-29(27)21(13-6-7-14-21)19(15-9-4-3-5-10-15)28-20(30)16-11-8-12-17(18(16)23)22(24,25)26/h2-5,8-12,19H,1,6-7,13-14H2,(H,28,30). The molecule has 1 atom stereocenters. The van der Waals surface area contributed by atoms with Crippen molar-refractivity contribution in [2.45, 2.75) is 43.4 Å². The van der Waals surface area contributed by atoms with Crippen LogP contribution in [0.4, 0.5) is 13.2 Å². The predicted octanol–water partition coefficient (Wildman–Crippen LogP) is 6.94. The van der Waals surface area contributed by atoms with Crippen molar-refractivity contribution in [3.63, 3.8) is 0 Å². The third kappa shape index (κ3) is 4.46. The third-order valence-electron chi connectivity index (χ3n) is 5.55. The normalized spacial score (nSPS) is 16.7. The second-order valence-electron chi connectivity index (χ2n) is 7.29. The summed E-state index contributed by atoms with van der Waals surface area (Å²) < 4.78 is 41.7. The molecule has 1 aliphatic rings. The van der Waals surface area contributed by atoms with Crippen molar-refractivity contribution in [1.82, 2.24) is 8.43 Å². The lowest BCUT2D eigenvalue weighted by molar-refractivity contribution is -0.137. The van der Waals surface area contributed by atoms with Crippen molar-refractivity contribution in [2.75, 3.05) is 0 Å². The van der Waals surface area contributed by atoms with Gasteiger partial charge in [-0.2, -0.15) is 13.2 Å². The molecule has 0 radical (unpaired) electrons. The van der Waals surface area contributed by atoms with Crippen LogP contribution in [0.25, 0.3) is 0 Å². The highest BCUT2D eigenvalue weighted by Gasteiger charge is 2.46. The number of nitrogens with one attached hydrogen (secondary N) is 1. The van der Waals surface area contributed by atoms with Crippen LogP contribution in [0.3, 0.4) is 0 Å². The van der Waals surface area contributed by atoms with Gasteiger partial charge in [-0.05, 0) is 30.5 Å². The topological polar surface area (TPSA) is 32.3 Å². The maximum absolute atomic E-state index is 13.2. The second-order valence-corrected chi connectivity index (χ2v) is 8.70. The van der Waals surface area contributed by atoms with Crippen LogP contribution in [0.15, 0.2) is 61.3 Å². The molecule has 3 nitrogen and oxygen atoms in total. The Morgan fingerprint density at radius 1 is 1.17 bits per heavy atom.